The summed E-state index contributed by atoms with van der Waals surface area (Å²) in [5, 5.41) is 6.78. The quantitative estimate of drug-likeness (QED) is 0.240. The molecule has 0 spiro atoms. The van der Waals surface area contributed by atoms with Gasteiger partial charge >= 0.3 is 5.97 Å². The first kappa shape index (κ1) is 22.7. The summed E-state index contributed by atoms with van der Waals surface area (Å²) in [5.41, 5.74) is 0. The molecule has 0 radical (unpaired) electrons. The van der Waals surface area contributed by atoms with Gasteiger partial charge in [-0.1, -0.05) is 19.3 Å². The highest BCUT2D eigenvalue weighted by Crippen LogP contribution is 2.15. The average molecular weight is 369 g/mol. The van der Waals surface area contributed by atoms with E-state index >= 15 is 0 Å². The van der Waals surface area contributed by atoms with E-state index in [1.54, 1.807) is 0 Å². The number of likely N-dealkylation sites (tertiary alicyclic amines) is 1. The van der Waals surface area contributed by atoms with Gasteiger partial charge in [0, 0.05) is 39.1 Å². The van der Waals surface area contributed by atoms with E-state index in [9.17, 15) is 4.79 Å². The van der Waals surface area contributed by atoms with Crippen LogP contribution in [0.2, 0.25) is 0 Å². The molecule has 0 saturated carbocycles. The monoisotopic (exact) mass is 368 g/mol. The Bertz CT molecular complexity index is 401. The van der Waals surface area contributed by atoms with Gasteiger partial charge in [-0.3, -0.25) is 9.79 Å². The summed E-state index contributed by atoms with van der Waals surface area (Å²) in [4.78, 5) is 18.1. The molecule has 0 amide bonds. The Kier molecular flexibility index (Phi) is 13.0. The average Bonchev–Trinajstić information content (AvgIpc) is 2.64. The number of carbonyl (C=O) groups is 1. The second-order valence-corrected chi connectivity index (χ2v) is 7.13. The molecule has 1 aliphatic heterocycles. The Morgan fingerprint density at radius 3 is 2.54 bits per heavy atom. The molecular formula is C20H40N4O2. The number of esters is 1. The summed E-state index contributed by atoms with van der Waals surface area (Å²) in [6, 6.07) is 0.741. The Balaban J connectivity index is 1.97. The lowest BCUT2D eigenvalue weighted by molar-refractivity contribution is -0.143. The molecular weight excluding hydrogens is 328 g/mol. The Morgan fingerprint density at radius 1 is 1.12 bits per heavy atom. The Hall–Kier alpha value is -1.30. The predicted octanol–water partition coefficient (Wildman–Crippen LogP) is 2.93. The van der Waals surface area contributed by atoms with Crippen LogP contribution in [0.25, 0.3) is 0 Å². The summed E-state index contributed by atoms with van der Waals surface area (Å²) in [7, 11) is 1.82. The van der Waals surface area contributed by atoms with E-state index in [4.69, 9.17) is 4.74 Å². The molecule has 6 nitrogen and oxygen atoms in total. The van der Waals surface area contributed by atoms with E-state index in [1.807, 2.05) is 14.0 Å². The number of ether oxygens (including phenoxy) is 1. The minimum atomic E-state index is -0.0748. The van der Waals surface area contributed by atoms with Crippen molar-refractivity contribution in [3.05, 3.63) is 0 Å². The van der Waals surface area contributed by atoms with E-state index in [-0.39, 0.29) is 5.97 Å². The summed E-state index contributed by atoms with van der Waals surface area (Å²) in [5.74, 6) is 0.817. The highest BCUT2D eigenvalue weighted by atomic mass is 16.5. The SMILES string of the molecule is CCOC(=O)CCCCCCNC(=NC)NCCCN1CCCCC1C. The van der Waals surface area contributed by atoms with Crippen molar-refractivity contribution in [1.82, 2.24) is 15.5 Å². The lowest BCUT2D eigenvalue weighted by Gasteiger charge is -2.33. The molecule has 1 unspecified atom stereocenters. The van der Waals surface area contributed by atoms with E-state index < -0.39 is 0 Å². The molecule has 2 N–H and O–H groups in total. The van der Waals surface area contributed by atoms with Gasteiger partial charge in [0.15, 0.2) is 5.96 Å². The molecule has 1 atom stereocenters. The summed E-state index contributed by atoms with van der Waals surface area (Å²) < 4.78 is 4.93. The van der Waals surface area contributed by atoms with E-state index in [0.29, 0.717) is 13.0 Å². The molecule has 152 valence electrons. The molecule has 0 aliphatic carbocycles. The first-order valence-corrected chi connectivity index (χ1v) is 10.5. The van der Waals surface area contributed by atoms with Gasteiger partial charge in [-0.25, -0.2) is 0 Å². The van der Waals surface area contributed by atoms with Crippen LogP contribution in [-0.4, -0.2) is 62.7 Å². The maximum atomic E-state index is 11.2. The topological polar surface area (TPSA) is 66.0 Å². The number of rotatable bonds is 12. The van der Waals surface area contributed by atoms with E-state index in [1.165, 1.54) is 32.4 Å². The van der Waals surface area contributed by atoms with E-state index in [0.717, 1.165) is 57.2 Å². The second kappa shape index (κ2) is 14.8. The maximum Gasteiger partial charge on any atom is 0.305 e. The van der Waals surface area contributed by atoms with Gasteiger partial charge in [-0.15, -0.1) is 0 Å². The zero-order valence-corrected chi connectivity index (χ0v) is 17.2. The smallest absolute Gasteiger partial charge is 0.305 e. The molecule has 0 aromatic rings. The van der Waals surface area contributed by atoms with Crippen LogP contribution in [0.15, 0.2) is 4.99 Å². The molecule has 1 heterocycles. The Morgan fingerprint density at radius 2 is 1.85 bits per heavy atom. The second-order valence-electron chi connectivity index (χ2n) is 7.13. The van der Waals surface area contributed by atoms with Crippen molar-refractivity contribution in [2.75, 3.05) is 39.8 Å². The van der Waals surface area contributed by atoms with Crippen LogP contribution in [0.3, 0.4) is 0 Å². The normalized spacial score (nSPS) is 18.6. The highest BCUT2D eigenvalue weighted by Gasteiger charge is 2.17. The number of carbonyl (C=O) groups excluding carboxylic acids is 1. The fourth-order valence-corrected chi connectivity index (χ4v) is 3.39. The van der Waals surface area contributed by atoms with Crippen LogP contribution in [0.1, 0.15) is 71.6 Å². The van der Waals surface area contributed by atoms with Crippen molar-refractivity contribution in [1.29, 1.82) is 0 Å². The zero-order chi connectivity index (χ0) is 19.0. The number of nitrogens with one attached hydrogen (secondary N) is 2. The van der Waals surface area contributed by atoms with Gasteiger partial charge < -0.3 is 20.3 Å². The first-order valence-electron chi connectivity index (χ1n) is 10.5. The fourth-order valence-electron chi connectivity index (χ4n) is 3.39. The lowest BCUT2D eigenvalue weighted by Crippen LogP contribution is -2.41. The van der Waals surface area contributed by atoms with Crippen molar-refractivity contribution in [2.24, 2.45) is 4.99 Å². The molecule has 1 fully saturated rings. The number of hydrogen-bond acceptors (Lipinski definition) is 4. The molecule has 6 heteroatoms. The van der Waals surface area contributed by atoms with Gasteiger partial charge in [0.2, 0.25) is 0 Å². The van der Waals surface area contributed by atoms with Gasteiger partial charge in [-0.2, -0.15) is 0 Å². The van der Waals surface area contributed by atoms with Crippen LogP contribution >= 0.6 is 0 Å². The number of hydrogen-bond donors (Lipinski definition) is 2. The molecule has 0 bridgehead atoms. The number of piperidine rings is 1. The molecule has 0 aromatic heterocycles. The van der Waals surface area contributed by atoms with Gasteiger partial charge in [0.1, 0.15) is 0 Å². The number of guanidine groups is 1. The maximum absolute atomic E-state index is 11.2. The van der Waals surface area contributed by atoms with Crippen LogP contribution < -0.4 is 10.6 Å². The van der Waals surface area contributed by atoms with E-state index in [2.05, 4.69) is 27.4 Å². The third kappa shape index (κ3) is 10.6. The number of aliphatic imine (C=N–C) groups is 1. The minimum Gasteiger partial charge on any atom is -0.466 e. The van der Waals surface area contributed by atoms with Crippen molar-refractivity contribution in [3.63, 3.8) is 0 Å². The third-order valence-electron chi connectivity index (χ3n) is 4.98. The number of nitrogens with zero attached hydrogens (tertiary/aromatic N) is 2. The summed E-state index contributed by atoms with van der Waals surface area (Å²) in [6.45, 7) is 8.98. The molecule has 1 rings (SSSR count). The van der Waals surface area contributed by atoms with Gasteiger partial charge in [0.05, 0.1) is 6.61 Å². The zero-order valence-electron chi connectivity index (χ0n) is 17.2. The lowest BCUT2D eigenvalue weighted by atomic mass is 10.0. The summed E-state index contributed by atoms with van der Waals surface area (Å²) >= 11 is 0. The Labute approximate surface area is 160 Å². The fraction of sp³-hybridized carbons (Fsp3) is 0.900. The van der Waals surface area contributed by atoms with Crippen LogP contribution in [-0.2, 0) is 9.53 Å². The molecule has 1 saturated heterocycles. The van der Waals surface area contributed by atoms with Crippen molar-refractivity contribution in [2.45, 2.75) is 77.7 Å². The molecule has 0 aromatic carbocycles. The van der Waals surface area contributed by atoms with Gasteiger partial charge in [0.25, 0.3) is 0 Å². The molecule has 1 aliphatic rings. The van der Waals surface area contributed by atoms with Crippen LogP contribution in [0.4, 0.5) is 0 Å². The summed E-state index contributed by atoms with van der Waals surface area (Å²) in [6.07, 6.45) is 9.97. The first-order chi connectivity index (χ1) is 12.7. The molecule has 26 heavy (non-hydrogen) atoms. The van der Waals surface area contributed by atoms with Crippen molar-refractivity contribution >= 4 is 11.9 Å². The van der Waals surface area contributed by atoms with Crippen molar-refractivity contribution in [3.8, 4) is 0 Å². The predicted molar refractivity (Wildman–Crippen MR) is 109 cm³/mol. The van der Waals surface area contributed by atoms with Crippen LogP contribution in [0, 0.1) is 0 Å². The third-order valence-corrected chi connectivity index (χ3v) is 4.98. The minimum absolute atomic E-state index is 0.0748. The van der Waals surface area contributed by atoms with Crippen molar-refractivity contribution < 1.29 is 9.53 Å². The standard InChI is InChI=1S/C20H40N4O2/c1-4-26-19(25)13-7-5-6-9-14-22-20(21-3)23-15-11-17-24-16-10-8-12-18(24)2/h18H,4-17H2,1-3H3,(H2,21,22,23). The van der Waals surface area contributed by atoms with Crippen LogP contribution in [0.5, 0.6) is 0 Å². The number of unbranched alkanes of at least 4 members (excludes halogenated alkanes) is 3. The van der Waals surface area contributed by atoms with Gasteiger partial charge in [-0.05, 0) is 52.5 Å². The largest absolute Gasteiger partial charge is 0.466 e. The highest BCUT2D eigenvalue weighted by molar-refractivity contribution is 5.79.